The van der Waals surface area contributed by atoms with Gasteiger partial charge in [0.15, 0.2) is 0 Å². The van der Waals surface area contributed by atoms with Crippen LogP contribution in [0.3, 0.4) is 0 Å². The largest absolute Gasteiger partial charge is 0.244 e. The molecule has 0 bridgehead atoms. The van der Waals surface area contributed by atoms with E-state index < -0.39 is 20.0 Å². The topological polar surface area (TPSA) is 83.6 Å². The lowest BCUT2D eigenvalue weighted by molar-refractivity contribution is 0.471. The molecule has 0 saturated carbocycles. The number of sulfonamides is 2. The van der Waals surface area contributed by atoms with E-state index in [1.54, 1.807) is 44.2 Å². The number of nitrogens with one attached hydrogen (secondary N) is 1. The minimum Gasteiger partial charge on any atom is -0.207 e. The maximum atomic E-state index is 13.5. The molecule has 0 spiro atoms. The van der Waals surface area contributed by atoms with E-state index in [4.69, 9.17) is 0 Å². The highest BCUT2D eigenvalue weighted by atomic mass is 79.9. The van der Waals surface area contributed by atoms with Crippen molar-refractivity contribution in [2.45, 2.75) is 37.5 Å². The Balaban J connectivity index is 2.23. The van der Waals surface area contributed by atoms with Crippen LogP contribution in [0, 0.1) is 27.7 Å². The Labute approximate surface area is 205 Å². The van der Waals surface area contributed by atoms with Crippen molar-refractivity contribution in [3.05, 3.63) is 87.6 Å². The van der Waals surface area contributed by atoms with Crippen molar-refractivity contribution in [3.8, 4) is 0 Å². The molecule has 0 heterocycles. The Morgan fingerprint density at radius 2 is 1.61 bits per heavy atom. The molecule has 0 amide bonds. The van der Waals surface area contributed by atoms with Crippen LogP contribution >= 0.6 is 15.9 Å². The smallest absolute Gasteiger partial charge is 0.207 e. The summed E-state index contributed by atoms with van der Waals surface area (Å²) in [5.74, 6) is 0. The predicted octanol–water partition coefficient (Wildman–Crippen LogP) is 4.51. The lowest BCUT2D eigenvalue weighted by Crippen LogP contribution is -2.33. The van der Waals surface area contributed by atoms with E-state index in [1.807, 2.05) is 26.0 Å². The molecule has 9 heteroatoms. The highest BCUT2D eigenvalue weighted by Gasteiger charge is 2.27. The van der Waals surface area contributed by atoms with Gasteiger partial charge in [-0.25, -0.2) is 21.6 Å². The normalized spacial score (nSPS) is 12.6. The SMILES string of the molecule is C=C=CCN(C/C(Br)=C/CNS(=O)(=O)c1ccc(C)cc1)S(=O)(=O)c1c(C)cc(C)cc1C. The average Bonchev–Trinajstić information content (AvgIpc) is 2.70. The standard InChI is InChI=1S/C24H29BrN2O4S2/c1-6-7-14-27(33(30,31)24-20(4)15-19(3)16-21(24)5)17-22(25)12-13-26-32(28,29)23-10-8-18(2)9-11-23/h7-12,15-16,26H,1,13-14,17H2,2-5H3/b22-12-. The number of hydrogen-bond donors (Lipinski definition) is 1. The zero-order chi connectivity index (χ0) is 24.8. The van der Waals surface area contributed by atoms with Gasteiger partial charge >= 0.3 is 0 Å². The van der Waals surface area contributed by atoms with Gasteiger partial charge in [0.25, 0.3) is 0 Å². The highest BCUT2D eigenvalue weighted by Crippen LogP contribution is 2.26. The summed E-state index contributed by atoms with van der Waals surface area (Å²) in [5, 5.41) is 0. The van der Waals surface area contributed by atoms with E-state index in [2.05, 4.69) is 33.0 Å². The van der Waals surface area contributed by atoms with Crippen molar-refractivity contribution in [1.82, 2.24) is 9.03 Å². The monoisotopic (exact) mass is 552 g/mol. The minimum absolute atomic E-state index is 0.00453. The fraction of sp³-hybridized carbons (Fsp3) is 0.292. The van der Waals surface area contributed by atoms with Crippen molar-refractivity contribution in [2.75, 3.05) is 19.6 Å². The van der Waals surface area contributed by atoms with Crippen LogP contribution in [-0.4, -0.2) is 40.8 Å². The molecule has 0 aliphatic heterocycles. The van der Waals surface area contributed by atoms with Crippen LogP contribution in [0.15, 0.2) is 75.1 Å². The van der Waals surface area contributed by atoms with E-state index >= 15 is 0 Å². The molecule has 2 rings (SSSR count). The lowest BCUT2D eigenvalue weighted by Gasteiger charge is -2.23. The van der Waals surface area contributed by atoms with E-state index in [0.29, 0.717) is 15.6 Å². The Morgan fingerprint density at radius 1 is 1.03 bits per heavy atom. The first-order chi connectivity index (χ1) is 15.4. The van der Waals surface area contributed by atoms with Gasteiger partial charge in [0.05, 0.1) is 9.79 Å². The molecule has 0 atom stereocenters. The van der Waals surface area contributed by atoms with Crippen molar-refractivity contribution in [1.29, 1.82) is 0 Å². The maximum absolute atomic E-state index is 13.5. The first kappa shape index (κ1) is 27.2. The van der Waals surface area contributed by atoms with Crippen LogP contribution in [0.5, 0.6) is 0 Å². The molecule has 1 N–H and O–H groups in total. The predicted molar refractivity (Wildman–Crippen MR) is 136 cm³/mol. The molecule has 33 heavy (non-hydrogen) atoms. The Kier molecular flexibility index (Phi) is 9.43. The number of nitrogens with zero attached hydrogens (tertiary/aromatic N) is 1. The fourth-order valence-electron chi connectivity index (χ4n) is 3.41. The highest BCUT2D eigenvalue weighted by molar-refractivity contribution is 9.11. The van der Waals surface area contributed by atoms with Gasteiger partial charge in [-0.3, -0.25) is 0 Å². The molecule has 0 saturated heterocycles. The third-order valence-corrected chi connectivity index (χ3v) is 9.03. The van der Waals surface area contributed by atoms with Crippen molar-refractivity contribution in [2.24, 2.45) is 0 Å². The second kappa shape index (κ2) is 11.4. The quantitative estimate of drug-likeness (QED) is 0.439. The van der Waals surface area contributed by atoms with Gasteiger partial charge in [-0.2, -0.15) is 4.31 Å². The number of rotatable bonds is 10. The third kappa shape index (κ3) is 7.24. The first-order valence-corrected chi connectivity index (χ1v) is 13.9. The molecule has 178 valence electrons. The van der Waals surface area contributed by atoms with Gasteiger partial charge < -0.3 is 0 Å². The molecule has 2 aromatic rings. The molecular weight excluding hydrogens is 524 g/mol. The minimum atomic E-state index is -3.82. The number of hydrogen-bond acceptors (Lipinski definition) is 4. The van der Waals surface area contributed by atoms with Gasteiger partial charge in [0.2, 0.25) is 20.0 Å². The van der Waals surface area contributed by atoms with Gasteiger partial charge in [-0.15, -0.1) is 5.73 Å². The third-order valence-electron chi connectivity index (χ3n) is 4.90. The van der Waals surface area contributed by atoms with E-state index in [1.165, 1.54) is 10.4 Å². The molecule has 6 nitrogen and oxygen atoms in total. The van der Waals surface area contributed by atoms with Crippen molar-refractivity contribution >= 4 is 36.0 Å². The summed E-state index contributed by atoms with van der Waals surface area (Å²) in [7, 11) is -7.50. The summed E-state index contributed by atoms with van der Waals surface area (Å²) in [6, 6.07) is 10.2. The average molecular weight is 554 g/mol. The fourth-order valence-corrected chi connectivity index (χ4v) is 6.78. The van der Waals surface area contributed by atoms with Crippen molar-refractivity contribution in [3.63, 3.8) is 0 Å². The molecule has 0 unspecified atom stereocenters. The summed E-state index contributed by atoms with van der Waals surface area (Å²) in [5.41, 5.74) is 5.91. The van der Waals surface area contributed by atoms with Gasteiger partial charge in [0.1, 0.15) is 0 Å². The van der Waals surface area contributed by atoms with Crippen LogP contribution in [0.2, 0.25) is 0 Å². The summed E-state index contributed by atoms with van der Waals surface area (Å²) < 4.78 is 56.2. The van der Waals surface area contributed by atoms with E-state index in [9.17, 15) is 16.8 Å². The van der Waals surface area contributed by atoms with Gasteiger partial charge in [0, 0.05) is 24.1 Å². The van der Waals surface area contributed by atoms with E-state index in [0.717, 1.165) is 11.1 Å². The summed E-state index contributed by atoms with van der Waals surface area (Å²) in [4.78, 5) is 0.439. The molecule has 0 aromatic heterocycles. The van der Waals surface area contributed by atoms with Crippen LogP contribution in [0.25, 0.3) is 0 Å². The number of aryl methyl sites for hydroxylation is 4. The molecular formula is C24H29BrN2O4S2. The van der Waals surface area contributed by atoms with Crippen LogP contribution in [-0.2, 0) is 20.0 Å². The molecule has 2 aromatic carbocycles. The van der Waals surface area contributed by atoms with Crippen molar-refractivity contribution < 1.29 is 16.8 Å². The van der Waals surface area contributed by atoms with Crippen LogP contribution < -0.4 is 4.72 Å². The molecule has 0 aliphatic rings. The number of benzene rings is 2. The Bertz CT molecular complexity index is 1270. The molecule has 0 fully saturated rings. The molecule has 0 radical (unpaired) electrons. The second-order valence-corrected chi connectivity index (χ2v) is 12.4. The number of halogens is 1. The van der Waals surface area contributed by atoms with Gasteiger partial charge in [-0.1, -0.05) is 64.0 Å². The summed E-state index contributed by atoms with van der Waals surface area (Å²) >= 11 is 3.39. The summed E-state index contributed by atoms with van der Waals surface area (Å²) in [6.45, 7) is 11.0. The maximum Gasteiger partial charge on any atom is 0.244 e. The van der Waals surface area contributed by atoms with Crippen LogP contribution in [0.4, 0.5) is 0 Å². The van der Waals surface area contributed by atoms with E-state index in [-0.39, 0.29) is 29.4 Å². The lowest BCUT2D eigenvalue weighted by atomic mass is 10.1. The second-order valence-electron chi connectivity index (χ2n) is 7.75. The Morgan fingerprint density at radius 3 is 2.15 bits per heavy atom. The molecule has 0 aliphatic carbocycles. The zero-order valence-electron chi connectivity index (χ0n) is 19.2. The summed E-state index contributed by atoms with van der Waals surface area (Å²) in [6.07, 6.45) is 3.14. The van der Waals surface area contributed by atoms with Gasteiger partial charge in [-0.05, 0) is 57.0 Å². The first-order valence-electron chi connectivity index (χ1n) is 10.2. The zero-order valence-corrected chi connectivity index (χ0v) is 22.4. The van der Waals surface area contributed by atoms with Crippen LogP contribution in [0.1, 0.15) is 22.3 Å². The Hall–Kier alpha value is -2.00.